The van der Waals surface area contributed by atoms with Crippen molar-refractivity contribution in [3.05, 3.63) is 58.2 Å². The predicted molar refractivity (Wildman–Crippen MR) is 92.4 cm³/mol. The van der Waals surface area contributed by atoms with Crippen molar-refractivity contribution in [2.45, 2.75) is 39.1 Å². The summed E-state index contributed by atoms with van der Waals surface area (Å²) >= 11 is 0. The lowest BCUT2D eigenvalue weighted by Crippen LogP contribution is -2.45. The fraction of sp³-hybridized carbons (Fsp3) is 0.350. The highest BCUT2D eigenvalue weighted by Crippen LogP contribution is 2.69. The van der Waals surface area contributed by atoms with Gasteiger partial charge in [0.25, 0.3) is 0 Å². The number of fused-ring (bicyclic) bond motifs is 1. The molecule has 0 saturated carbocycles. The second-order valence-electron chi connectivity index (χ2n) is 6.85. The second kappa shape index (κ2) is 5.36. The third-order valence-corrected chi connectivity index (χ3v) is 5.46. The van der Waals surface area contributed by atoms with E-state index in [1.165, 1.54) is 0 Å². The molecule has 2 heterocycles. The molecule has 0 radical (unpaired) electrons. The lowest BCUT2D eigenvalue weighted by Gasteiger charge is -2.31. The van der Waals surface area contributed by atoms with Gasteiger partial charge in [0.1, 0.15) is 23.0 Å². The Balaban J connectivity index is 2.00. The van der Waals surface area contributed by atoms with Gasteiger partial charge in [-0.3, -0.25) is 4.79 Å². The van der Waals surface area contributed by atoms with E-state index in [0.29, 0.717) is 17.5 Å². The largest absolute Gasteiger partial charge is 0.459 e. The molecule has 138 valence electrons. The molecule has 2 N–H and O–H groups in total. The molecular formula is C20H18N2O5. The van der Waals surface area contributed by atoms with Crippen LogP contribution in [0.25, 0.3) is 0 Å². The maximum absolute atomic E-state index is 13.6. The minimum Gasteiger partial charge on any atom is -0.459 e. The van der Waals surface area contributed by atoms with Gasteiger partial charge < -0.3 is 19.9 Å². The summed E-state index contributed by atoms with van der Waals surface area (Å²) in [5, 5.41) is 9.78. The van der Waals surface area contributed by atoms with Gasteiger partial charge in [0.05, 0.1) is 6.10 Å². The third kappa shape index (κ3) is 1.75. The number of benzene rings is 1. The van der Waals surface area contributed by atoms with Crippen LogP contribution in [0.3, 0.4) is 0 Å². The molecule has 0 spiro atoms. The third-order valence-electron chi connectivity index (χ3n) is 5.46. The molecule has 0 bridgehead atoms. The lowest BCUT2D eigenvalue weighted by molar-refractivity contribution is -0.199. The molecule has 7 nitrogen and oxygen atoms in total. The van der Waals surface area contributed by atoms with Crippen LogP contribution in [-0.4, -0.2) is 17.9 Å². The Labute approximate surface area is 156 Å². The SMILES string of the molecule is CC[C@@H](C)OC(=O)C1=C(C)O[C@@]23OC(N)=C(C#N)[C@@]12C(=O)c1ccccc13. The van der Waals surface area contributed by atoms with Crippen molar-refractivity contribution in [2.75, 3.05) is 0 Å². The van der Waals surface area contributed by atoms with E-state index in [1.54, 1.807) is 38.1 Å². The summed E-state index contributed by atoms with van der Waals surface area (Å²) in [6.45, 7) is 5.19. The van der Waals surface area contributed by atoms with E-state index in [2.05, 4.69) is 0 Å². The monoisotopic (exact) mass is 366 g/mol. The normalized spacial score (nSPS) is 28.7. The zero-order valence-electron chi connectivity index (χ0n) is 15.2. The summed E-state index contributed by atoms with van der Waals surface area (Å²) < 4.78 is 17.3. The molecule has 0 amide bonds. The van der Waals surface area contributed by atoms with Crippen LogP contribution in [0.4, 0.5) is 0 Å². The number of nitriles is 1. The van der Waals surface area contributed by atoms with Gasteiger partial charge in [0.2, 0.25) is 5.88 Å². The molecule has 2 aliphatic heterocycles. The Kier molecular flexibility index (Phi) is 3.41. The first kappa shape index (κ1) is 17.2. The van der Waals surface area contributed by atoms with Gasteiger partial charge in [-0.15, -0.1) is 0 Å². The highest BCUT2D eigenvalue weighted by Gasteiger charge is 2.80. The minimum absolute atomic E-state index is 0.0269. The molecule has 3 atom stereocenters. The van der Waals surface area contributed by atoms with Crippen molar-refractivity contribution in [1.29, 1.82) is 5.26 Å². The number of esters is 1. The van der Waals surface area contributed by atoms with Gasteiger partial charge in [0.15, 0.2) is 11.2 Å². The van der Waals surface area contributed by atoms with Crippen molar-refractivity contribution in [1.82, 2.24) is 0 Å². The van der Waals surface area contributed by atoms with Crippen LogP contribution < -0.4 is 5.73 Å². The highest BCUT2D eigenvalue weighted by atomic mass is 16.7. The van der Waals surface area contributed by atoms with Crippen LogP contribution >= 0.6 is 0 Å². The molecule has 7 heteroatoms. The van der Waals surface area contributed by atoms with Gasteiger partial charge in [-0.05, 0) is 20.3 Å². The molecule has 3 aliphatic rings. The van der Waals surface area contributed by atoms with E-state index in [1.807, 2.05) is 13.0 Å². The first-order chi connectivity index (χ1) is 12.8. The number of ether oxygens (including phenoxy) is 3. The van der Waals surface area contributed by atoms with Gasteiger partial charge in [-0.25, -0.2) is 4.79 Å². The average Bonchev–Trinajstić information content (AvgIpc) is 3.11. The van der Waals surface area contributed by atoms with Crippen molar-refractivity contribution in [3.8, 4) is 6.07 Å². The molecule has 0 fully saturated rings. The molecule has 1 aromatic rings. The van der Waals surface area contributed by atoms with Crippen LogP contribution in [0.2, 0.25) is 0 Å². The van der Waals surface area contributed by atoms with E-state index in [-0.39, 0.29) is 28.9 Å². The molecule has 0 unspecified atom stereocenters. The number of rotatable bonds is 3. The van der Waals surface area contributed by atoms with Crippen LogP contribution in [0.5, 0.6) is 0 Å². The van der Waals surface area contributed by atoms with E-state index >= 15 is 0 Å². The van der Waals surface area contributed by atoms with E-state index in [4.69, 9.17) is 19.9 Å². The zero-order chi connectivity index (χ0) is 19.6. The molecular weight excluding hydrogens is 348 g/mol. The summed E-state index contributed by atoms with van der Waals surface area (Å²) in [6.07, 6.45) is 0.238. The fourth-order valence-corrected chi connectivity index (χ4v) is 4.17. The fourth-order valence-electron chi connectivity index (χ4n) is 4.17. The van der Waals surface area contributed by atoms with Crippen molar-refractivity contribution >= 4 is 11.8 Å². The number of nitrogens with two attached hydrogens (primary N) is 1. The quantitative estimate of drug-likeness (QED) is 0.817. The second-order valence-corrected chi connectivity index (χ2v) is 6.85. The lowest BCUT2D eigenvalue weighted by atomic mass is 9.69. The summed E-state index contributed by atoms with van der Waals surface area (Å²) in [5.41, 5.74) is 4.77. The van der Waals surface area contributed by atoms with Gasteiger partial charge in [0, 0.05) is 11.1 Å². The smallest absolute Gasteiger partial charge is 0.339 e. The summed E-state index contributed by atoms with van der Waals surface area (Å²) in [4.78, 5) is 26.6. The molecule has 27 heavy (non-hydrogen) atoms. The Morgan fingerprint density at radius 1 is 1.37 bits per heavy atom. The molecule has 1 aliphatic carbocycles. The van der Waals surface area contributed by atoms with E-state index in [0.717, 1.165) is 0 Å². The molecule has 4 rings (SSSR count). The molecule has 1 aromatic carbocycles. The highest BCUT2D eigenvalue weighted by molar-refractivity contribution is 6.16. The van der Waals surface area contributed by atoms with Gasteiger partial charge >= 0.3 is 11.8 Å². The van der Waals surface area contributed by atoms with Crippen LogP contribution in [0.1, 0.15) is 43.1 Å². The average molecular weight is 366 g/mol. The maximum atomic E-state index is 13.6. The van der Waals surface area contributed by atoms with Gasteiger partial charge in [-0.1, -0.05) is 31.2 Å². The van der Waals surface area contributed by atoms with Crippen LogP contribution in [0, 0.1) is 16.7 Å². The standard InChI is InChI=1S/C20H18N2O5/c1-4-10(2)25-18(24)15-11(3)26-20-13-8-6-5-7-12(13)16(23)19(15,20)14(9-21)17(22)27-20/h5-8,10H,4,22H2,1-3H3/t10-,19+,20+/m1/s1. The number of hydrogen-bond acceptors (Lipinski definition) is 7. The number of ketones is 1. The number of carbonyl (C=O) groups excluding carboxylic acids is 2. The number of nitrogens with zero attached hydrogens (tertiary/aromatic N) is 1. The van der Waals surface area contributed by atoms with Gasteiger partial charge in [-0.2, -0.15) is 5.26 Å². The van der Waals surface area contributed by atoms with Crippen molar-refractivity contribution < 1.29 is 23.8 Å². The zero-order valence-corrected chi connectivity index (χ0v) is 15.2. The van der Waals surface area contributed by atoms with Crippen LogP contribution in [-0.2, 0) is 24.8 Å². The molecule has 0 aromatic heterocycles. The van der Waals surface area contributed by atoms with Crippen molar-refractivity contribution in [2.24, 2.45) is 11.1 Å². The Morgan fingerprint density at radius 2 is 2.07 bits per heavy atom. The first-order valence-electron chi connectivity index (χ1n) is 8.70. The molecule has 0 saturated heterocycles. The minimum atomic E-state index is -1.79. The number of carbonyl (C=O) groups is 2. The number of allylic oxidation sites excluding steroid dienone is 1. The Bertz CT molecular complexity index is 1000. The Hall–Kier alpha value is -3.27. The maximum Gasteiger partial charge on any atom is 0.339 e. The predicted octanol–water partition coefficient (Wildman–Crippen LogP) is 2.39. The number of Topliss-reactive ketones (excluding diaryl/α,β-unsaturated/α-hetero) is 1. The first-order valence-corrected chi connectivity index (χ1v) is 8.70. The van der Waals surface area contributed by atoms with Crippen LogP contribution in [0.15, 0.2) is 47.1 Å². The van der Waals surface area contributed by atoms with E-state index < -0.39 is 23.0 Å². The van der Waals surface area contributed by atoms with Crippen molar-refractivity contribution in [3.63, 3.8) is 0 Å². The van der Waals surface area contributed by atoms with E-state index in [9.17, 15) is 14.9 Å². The number of hydrogen-bond donors (Lipinski definition) is 1. The topological polar surface area (TPSA) is 112 Å². The summed E-state index contributed by atoms with van der Waals surface area (Å²) in [7, 11) is 0. The summed E-state index contributed by atoms with van der Waals surface area (Å²) in [5.74, 6) is -2.89. The Morgan fingerprint density at radius 3 is 2.74 bits per heavy atom. The summed E-state index contributed by atoms with van der Waals surface area (Å²) in [6, 6.07) is 8.70.